The number of carbonyl (C=O) groups excluding carboxylic acids is 2. The number of amides is 2. The number of fused-ring (bicyclic) bond motifs is 3. The third-order valence-corrected chi connectivity index (χ3v) is 8.77. The maximum Gasteiger partial charge on any atom is 0.254 e. The molecule has 1 saturated heterocycles. The van der Waals surface area contributed by atoms with Crippen molar-refractivity contribution < 1.29 is 19.1 Å². The van der Waals surface area contributed by atoms with Crippen molar-refractivity contribution in [1.29, 1.82) is 0 Å². The highest BCUT2D eigenvalue weighted by Crippen LogP contribution is 2.73. The van der Waals surface area contributed by atoms with Crippen LogP contribution in [0.2, 0.25) is 5.02 Å². The van der Waals surface area contributed by atoms with Gasteiger partial charge in [0.2, 0.25) is 0 Å². The molecule has 3 aliphatic carbocycles. The molecule has 2 aromatic rings. The maximum absolute atomic E-state index is 13.2. The van der Waals surface area contributed by atoms with Crippen molar-refractivity contribution in [2.45, 2.75) is 26.4 Å². The number of halogens is 2. The molecule has 35 heavy (non-hydrogen) atoms. The van der Waals surface area contributed by atoms with E-state index in [0.717, 1.165) is 23.4 Å². The molecule has 3 fully saturated rings. The third-order valence-electron chi connectivity index (χ3n) is 7.81. The second kappa shape index (κ2) is 8.49. The molecule has 6 nitrogen and oxygen atoms in total. The molecule has 2 aromatic carbocycles. The van der Waals surface area contributed by atoms with Gasteiger partial charge in [-0.3, -0.25) is 9.59 Å². The fraction of sp³-hybridized carbons (Fsp3) is 0.370. The summed E-state index contributed by atoms with van der Waals surface area (Å²) >= 11 is 9.82. The molecule has 8 heteroatoms. The Labute approximate surface area is 217 Å². The first kappa shape index (κ1) is 22.8. The van der Waals surface area contributed by atoms with E-state index in [0.29, 0.717) is 33.2 Å². The Hall–Kier alpha value is -2.64. The molecule has 0 N–H and O–H groups in total. The van der Waals surface area contributed by atoms with Gasteiger partial charge in [-0.15, -0.1) is 0 Å². The van der Waals surface area contributed by atoms with Gasteiger partial charge in [0.25, 0.3) is 11.8 Å². The monoisotopic (exact) mass is 554 g/mol. The summed E-state index contributed by atoms with van der Waals surface area (Å²) in [6.45, 7) is 2.62. The summed E-state index contributed by atoms with van der Waals surface area (Å²) in [4.78, 5) is 26.3. The molecule has 0 unspecified atom stereocenters. The molecule has 2 amide bonds. The molecule has 180 valence electrons. The molecule has 0 radical (unpaired) electrons. The molecule has 1 spiro atoms. The van der Waals surface area contributed by atoms with Crippen molar-refractivity contribution in [2.24, 2.45) is 34.2 Å². The van der Waals surface area contributed by atoms with Gasteiger partial charge < -0.3 is 9.47 Å². The molecule has 0 aromatic heterocycles. The number of hydrazone groups is 1. The maximum atomic E-state index is 13.2. The van der Waals surface area contributed by atoms with Gasteiger partial charge in [-0.25, -0.2) is 0 Å². The average Bonchev–Trinajstić information content (AvgIpc) is 3.44. The SMILES string of the molecule is CCOc1cc(/C=N\N2C(=O)[C@@H]3[C@@H](C2=O)[C@H]2C=C[C@H]3C23CC3)cc(Br)c1OCc1ccccc1Cl. The minimum atomic E-state index is -0.261. The first-order chi connectivity index (χ1) is 16.9. The van der Waals surface area contributed by atoms with E-state index in [1.165, 1.54) is 6.21 Å². The number of imide groups is 1. The van der Waals surface area contributed by atoms with Gasteiger partial charge in [0.05, 0.1) is 29.1 Å². The van der Waals surface area contributed by atoms with Crippen LogP contribution in [-0.4, -0.2) is 29.6 Å². The standard InChI is InChI=1S/C27H24BrClN2O4/c1-2-34-21-12-15(11-19(28)24(21)35-14-16-5-3-4-6-20(16)29)13-30-31-25(32)22-17-7-8-18(23(22)26(31)33)27(17)9-10-27/h3-8,11-13,17-18,22-23H,2,9-10,14H2,1H3/b30-13-/t17-,18-,22+,23+/m1/s1. The smallest absolute Gasteiger partial charge is 0.254 e. The van der Waals surface area contributed by atoms with Crippen molar-refractivity contribution in [3.05, 3.63) is 69.2 Å². The van der Waals surface area contributed by atoms with Gasteiger partial charge in [0.1, 0.15) is 6.61 Å². The summed E-state index contributed by atoms with van der Waals surface area (Å²) in [5.74, 6) is 0.566. The fourth-order valence-electron chi connectivity index (χ4n) is 6.13. The summed E-state index contributed by atoms with van der Waals surface area (Å²) in [6, 6.07) is 11.1. The average molecular weight is 556 g/mol. The number of hydrogen-bond donors (Lipinski definition) is 0. The molecule has 1 heterocycles. The highest BCUT2D eigenvalue weighted by molar-refractivity contribution is 9.10. The first-order valence-electron chi connectivity index (χ1n) is 11.9. The van der Waals surface area contributed by atoms with Crippen molar-refractivity contribution >= 4 is 45.6 Å². The second-order valence-electron chi connectivity index (χ2n) is 9.60. The Morgan fingerprint density at radius 2 is 1.80 bits per heavy atom. The van der Waals surface area contributed by atoms with Crippen LogP contribution >= 0.6 is 27.5 Å². The van der Waals surface area contributed by atoms with Gasteiger partial charge in [-0.2, -0.15) is 10.1 Å². The molecule has 4 atom stereocenters. The quantitative estimate of drug-likeness (QED) is 0.253. The van der Waals surface area contributed by atoms with Crippen LogP contribution in [0.5, 0.6) is 11.5 Å². The highest BCUT2D eigenvalue weighted by Gasteiger charge is 2.73. The van der Waals surface area contributed by atoms with Crippen LogP contribution in [0.25, 0.3) is 0 Å². The van der Waals surface area contributed by atoms with Crippen molar-refractivity contribution in [1.82, 2.24) is 5.01 Å². The van der Waals surface area contributed by atoms with E-state index >= 15 is 0 Å². The topological polar surface area (TPSA) is 68.2 Å². The highest BCUT2D eigenvalue weighted by atomic mass is 79.9. The fourth-order valence-corrected chi connectivity index (χ4v) is 6.90. The first-order valence-corrected chi connectivity index (χ1v) is 13.0. The molecular weight excluding hydrogens is 532 g/mol. The van der Waals surface area contributed by atoms with Crippen LogP contribution in [0.15, 0.2) is 58.1 Å². The van der Waals surface area contributed by atoms with Crippen molar-refractivity contribution in [3.63, 3.8) is 0 Å². The lowest BCUT2D eigenvalue weighted by atomic mass is 9.85. The Morgan fingerprint density at radius 3 is 2.43 bits per heavy atom. The summed E-state index contributed by atoms with van der Waals surface area (Å²) in [5, 5.41) is 6.03. The third kappa shape index (κ3) is 3.54. The zero-order valence-corrected chi connectivity index (χ0v) is 21.5. The molecule has 2 bridgehead atoms. The second-order valence-corrected chi connectivity index (χ2v) is 10.9. The number of hydrogen-bond acceptors (Lipinski definition) is 5. The number of benzene rings is 2. The largest absolute Gasteiger partial charge is 0.490 e. The number of ether oxygens (including phenoxy) is 2. The Balaban J connectivity index is 1.22. The number of carbonyl (C=O) groups is 2. The van der Waals surface area contributed by atoms with Crippen LogP contribution in [0, 0.1) is 29.1 Å². The van der Waals surface area contributed by atoms with Crippen molar-refractivity contribution in [2.75, 3.05) is 6.61 Å². The minimum absolute atomic E-state index is 0.174. The molecule has 1 aliphatic heterocycles. The van der Waals surface area contributed by atoms with E-state index in [1.54, 1.807) is 6.07 Å². The zero-order chi connectivity index (χ0) is 24.3. The molecule has 2 saturated carbocycles. The van der Waals surface area contributed by atoms with E-state index in [2.05, 4.69) is 33.2 Å². The zero-order valence-electron chi connectivity index (χ0n) is 19.1. The van der Waals surface area contributed by atoms with Crippen LogP contribution in [0.1, 0.15) is 30.9 Å². The van der Waals surface area contributed by atoms with E-state index < -0.39 is 0 Å². The van der Waals surface area contributed by atoms with Gasteiger partial charge >= 0.3 is 0 Å². The Bertz CT molecular complexity index is 1250. The summed E-state index contributed by atoms with van der Waals surface area (Å²) in [7, 11) is 0. The predicted molar refractivity (Wildman–Crippen MR) is 135 cm³/mol. The predicted octanol–water partition coefficient (Wildman–Crippen LogP) is 5.61. The normalized spacial score (nSPS) is 27.3. The van der Waals surface area contributed by atoms with Gasteiger partial charge in [0.15, 0.2) is 11.5 Å². The van der Waals surface area contributed by atoms with Crippen LogP contribution in [0.3, 0.4) is 0 Å². The van der Waals surface area contributed by atoms with Crippen molar-refractivity contribution in [3.8, 4) is 11.5 Å². The minimum Gasteiger partial charge on any atom is -0.490 e. The lowest BCUT2D eigenvalue weighted by Gasteiger charge is -2.18. The lowest BCUT2D eigenvalue weighted by Crippen LogP contribution is -2.30. The number of rotatable bonds is 7. The lowest BCUT2D eigenvalue weighted by molar-refractivity contribution is -0.141. The summed E-state index contributed by atoms with van der Waals surface area (Å²) in [6.07, 6.45) is 8.08. The van der Waals surface area contributed by atoms with Crippen LogP contribution in [0.4, 0.5) is 0 Å². The van der Waals surface area contributed by atoms with Crippen LogP contribution in [-0.2, 0) is 16.2 Å². The van der Waals surface area contributed by atoms with E-state index in [9.17, 15) is 9.59 Å². The van der Waals surface area contributed by atoms with Gasteiger partial charge in [0, 0.05) is 10.6 Å². The van der Waals surface area contributed by atoms with Gasteiger partial charge in [-0.05, 0) is 76.7 Å². The van der Waals surface area contributed by atoms with E-state index in [4.69, 9.17) is 21.1 Å². The summed E-state index contributed by atoms with van der Waals surface area (Å²) < 4.78 is 12.5. The summed E-state index contributed by atoms with van der Waals surface area (Å²) in [5.41, 5.74) is 1.72. The van der Waals surface area contributed by atoms with E-state index in [1.807, 2.05) is 37.3 Å². The molecular formula is C27H24BrClN2O4. The van der Waals surface area contributed by atoms with Crippen LogP contribution < -0.4 is 9.47 Å². The number of nitrogens with zero attached hydrogens (tertiary/aromatic N) is 2. The molecule has 4 aliphatic rings. The Kier molecular flexibility index (Phi) is 5.53. The number of allylic oxidation sites excluding steroid dienone is 2. The van der Waals surface area contributed by atoms with Gasteiger partial charge in [-0.1, -0.05) is 42.0 Å². The van der Waals surface area contributed by atoms with E-state index in [-0.39, 0.29) is 47.5 Å². The molecule has 6 rings (SSSR count). The Morgan fingerprint density at radius 1 is 1.11 bits per heavy atom.